The Morgan fingerprint density at radius 3 is 3.21 bits per heavy atom. The molecule has 0 radical (unpaired) electrons. The van der Waals surface area contributed by atoms with Crippen molar-refractivity contribution in [1.29, 1.82) is 0 Å². The standard InChI is InChI=1S/C13H15N3O2S/c1-9-8-12(15-18-9)14-13(17)16-6-2-4-10(16)11-5-3-7-19-11/h3,5,7-8,10H,2,4,6H2,1H3,(H,14,15,17)/t10-/m1/s1. The summed E-state index contributed by atoms with van der Waals surface area (Å²) in [5.74, 6) is 1.16. The number of hydrogen-bond acceptors (Lipinski definition) is 4. The van der Waals surface area contributed by atoms with Crippen molar-refractivity contribution in [2.45, 2.75) is 25.8 Å². The highest BCUT2D eigenvalue weighted by Gasteiger charge is 2.30. The summed E-state index contributed by atoms with van der Waals surface area (Å²) in [4.78, 5) is 15.4. The molecule has 1 fully saturated rings. The number of thiophene rings is 1. The first kappa shape index (κ1) is 12.2. The fraction of sp³-hybridized carbons (Fsp3) is 0.385. The van der Waals surface area contributed by atoms with Crippen molar-refractivity contribution >= 4 is 23.2 Å². The Labute approximate surface area is 115 Å². The second-order valence-electron chi connectivity index (χ2n) is 4.62. The first-order chi connectivity index (χ1) is 9.24. The number of likely N-dealkylation sites (tertiary alicyclic amines) is 1. The van der Waals surface area contributed by atoms with E-state index in [1.807, 2.05) is 16.3 Å². The third kappa shape index (κ3) is 2.49. The first-order valence-electron chi connectivity index (χ1n) is 6.28. The van der Waals surface area contributed by atoms with Gasteiger partial charge in [0.2, 0.25) is 0 Å². The summed E-state index contributed by atoms with van der Waals surface area (Å²) >= 11 is 1.70. The van der Waals surface area contributed by atoms with E-state index in [4.69, 9.17) is 4.52 Å². The Hall–Kier alpha value is -1.82. The minimum atomic E-state index is -0.107. The highest BCUT2D eigenvalue weighted by Crippen LogP contribution is 2.34. The molecule has 19 heavy (non-hydrogen) atoms. The number of hydrogen-bond donors (Lipinski definition) is 1. The van der Waals surface area contributed by atoms with Crippen LogP contribution in [0.25, 0.3) is 0 Å². The molecule has 1 aliphatic heterocycles. The molecule has 1 N–H and O–H groups in total. The van der Waals surface area contributed by atoms with Gasteiger partial charge in [0.15, 0.2) is 5.82 Å². The lowest BCUT2D eigenvalue weighted by Crippen LogP contribution is -2.34. The maximum Gasteiger partial charge on any atom is 0.323 e. The zero-order valence-corrected chi connectivity index (χ0v) is 11.4. The lowest BCUT2D eigenvalue weighted by Gasteiger charge is -2.23. The maximum atomic E-state index is 12.3. The summed E-state index contributed by atoms with van der Waals surface area (Å²) in [6.07, 6.45) is 2.06. The van der Waals surface area contributed by atoms with Crippen molar-refractivity contribution in [2.24, 2.45) is 0 Å². The Bertz CT molecular complexity index is 564. The van der Waals surface area contributed by atoms with Gasteiger partial charge in [0, 0.05) is 17.5 Å². The number of aryl methyl sites for hydroxylation is 1. The van der Waals surface area contributed by atoms with E-state index >= 15 is 0 Å². The summed E-state index contributed by atoms with van der Waals surface area (Å²) in [6.45, 7) is 2.58. The number of nitrogens with zero attached hydrogens (tertiary/aromatic N) is 2. The van der Waals surface area contributed by atoms with Crippen molar-refractivity contribution in [1.82, 2.24) is 10.1 Å². The van der Waals surface area contributed by atoms with Crippen LogP contribution in [0.1, 0.15) is 29.5 Å². The second kappa shape index (κ2) is 5.05. The molecule has 0 aromatic carbocycles. The molecule has 3 heterocycles. The molecular weight excluding hydrogens is 262 g/mol. The molecule has 3 rings (SSSR count). The average Bonchev–Trinajstić information content (AvgIpc) is 3.07. The highest BCUT2D eigenvalue weighted by molar-refractivity contribution is 7.10. The van der Waals surface area contributed by atoms with Gasteiger partial charge < -0.3 is 9.42 Å². The van der Waals surface area contributed by atoms with Crippen molar-refractivity contribution in [3.05, 3.63) is 34.2 Å². The largest absolute Gasteiger partial charge is 0.360 e. The summed E-state index contributed by atoms with van der Waals surface area (Å²) in [7, 11) is 0. The molecule has 6 heteroatoms. The molecule has 0 aliphatic carbocycles. The van der Waals surface area contributed by atoms with Crippen LogP contribution in [-0.2, 0) is 0 Å². The minimum Gasteiger partial charge on any atom is -0.360 e. The Morgan fingerprint density at radius 2 is 2.53 bits per heavy atom. The van der Waals surface area contributed by atoms with Gasteiger partial charge in [-0.1, -0.05) is 11.2 Å². The smallest absolute Gasteiger partial charge is 0.323 e. The molecule has 1 saturated heterocycles. The summed E-state index contributed by atoms with van der Waals surface area (Å²) in [5.41, 5.74) is 0. The first-order valence-corrected chi connectivity index (χ1v) is 7.16. The van der Waals surface area contributed by atoms with Crippen LogP contribution in [-0.4, -0.2) is 22.6 Å². The fourth-order valence-electron chi connectivity index (χ4n) is 2.39. The minimum absolute atomic E-state index is 0.107. The van der Waals surface area contributed by atoms with Crippen LogP contribution in [0.2, 0.25) is 0 Å². The molecule has 0 bridgehead atoms. The van der Waals surface area contributed by atoms with E-state index in [9.17, 15) is 4.79 Å². The SMILES string of the molecule is Cc1cc(NC(=O)N2CCC[C@@H]2c2cccs2)no1. The fourth-order valence-corrected chi connectivity index (χ4v) is 3.27. The maximum absolute atomic E-state index is 12.3. The molecule has 0 spiro atoms. The zero-order chi connectivity index (χ0) is 13.2. The summed E-state index contributed by atoms with van der Waals surface area (Å²) < 4.78 is 4.95. The van der Waals surface area contributed by atoms with Crippen molar-refractivity contribution in [3.8, 4) is 0 Å². The number of anilines is 1. The number of carbonyl (C=O) groups is 1. The van der Waals surface area contributed by atoms with E-state index in [0.717, 1.165) is 19.4 Å². The van der Waals surface area contributed by atoms with Gasteiger partial charge in [-0.2, -0.15) is 0 Å². The van der Waals surface area contributed by atoms with Crippen LogP contribution in [0, 0.1) is 6.92 Å². The van der Waals surface area contributed by atoms with Crippen LogP contribution >= 0.6 is 11.3 Å². The molecule has 5 nitrogen and oxygen atoms in total. The number of rotatable bonds is 2. The van der Waals surface area contributed by atoms with Gasteiger partial charge >= 0.3 is 6.03 Å². The van der Waals surface area contributed by atoms with Gasteiger partial charge in [0.1, 0.15) is 5.76 Å². The van der Waals surface area contributed by atoms with Gasteiger partial charge in [-0.3, -0.25) is 5.32 Å². The number of aromatic nitrogens is 1. The normalized spacial score (nSPS) is 18.8. The molecule has 1 aliphatic rings. The highest BCUT2D eigenvalue weighted by atomic mass is 32.1. The lowest BCUT2D eigenvalue weighted by molar-refractivity contribution is 0.207. The van der Waals surface area contributed by atoms with Crippen LogP contribution in [0.4, 0.5) is 10.6 Å². The Kier molecular flexibility index (Phi) is 3.25. The summed E-state index contributed by atoms with van der Waals surface area (Å²) in [6, 6.07) is 5.90. The molecule has 1 atom stereocenters. The molecule has 100 valence electrons. The van der Waals surface area contributed by atoms with E-state index in [2.05, 4.69) is 16.5 Å². The van der Waals surface area contributed by atoms with E-state index in [-0.39, 0.29) is 12.1 Å². The summed E-state index contributed by atoms with van der Waals surface area (Å²) in [5, 5.41) is 8.61. The van der Waals surface area contributed by atoms with Gasteiger partial charge in [-0.25, -0.2) is 4.79 Å². The van der Waals surface area contributed by atoms with Gasteiger partial charge in [0.05, 0.1) is 6.04 Å². The van der Waals surface area contributed by atoms with E-state index in [0.29, 0.717) is 11.6 Å². The third-order valence-electron chi connectivity index (χ3n) is 3.25. The molecular formula is C13H15N3O2S. The molecule has 2 amide bonds. The van der Waals surface area contributed by atoms with Crippen LogP contribution < -0.4 is 5.32 Å². The van der Waals surface area contributed by atoms with Crippen LogP contribution in [0.15, 0.2) is 28.1 Å². The molecule has 0 unspecified atom stereocenters. The number of carbonyl (C=O) groups excluding carboxylic acids is 1. The third-order valence-corrected chi connectivity index (χ3v) is 4.22. The predicted molar refractivity (Wildman–Crippen MR) is 73.3 cm³/mol. The monoisotopic (exact) mass is 277 g/mol. The van der Waals surface area contributed by atoms with Crippen LogP contribution in [0.5, 0.6) is 0 Å². The van der Waals surface area contributed by atoms with Gasteiger partial charge in [-0.15, -0.1) is 11.3 Å². The lowest BCUT2D eigenvalue weighted by atomic mass is 10.2. The number of urea groups is 1. The Morgan fingerprint density at radius 1 is 1.63 bits per heavy atom. The second-order valence-corrected chi connectivity index (χ2v) is 5.60. The quantitative estimate of drug-likeness (QED) is 0.915. The number of amides is 2. The van der Waals surface area contributed by atoms with Gasteiger partial charge in [-0.05, 0) is 31.2 Å². The van der Waals surface area contributed by atoms with Crippen LogP contribution in [0.3, 0.4) is 0 Å². The predicted octanol–water partition coefficient (Wildman–Crippen LogP) is 3.41. The van der Waals surface area contributed by atoms with Gasteiger partial charge in [0.25, 0.3) is 0 Å². The van der Waals surface area contributed by atoms with Crippen molar-refractivity contribution < 1.29 is 9.32 Å². The topological polar surface area (TPSA) is 58.4 Å². The van der Waals surface area contributed by atoms with Crippen molar-refractivity contribution in [2.75, 3.05) is 11.9 Å². The average molecular weight is 277 g/mol. The van der Waals surface area contributed by atoms with Crippen molar-refractivity contribution in [3.63, 3.8) is 0 Å². The molecule has 0 saturated carbocycles. The molecule has 2 aromatic rings. The zero-order valence-electron chi connectivity index (χ0n) is 10.6. The Balaban J connectivity index is 1.72. The number of nitrogens with one attached hydrogen (secondary N) is 1. The van der Waals surface area contributed by atoms with E-state index in [1.54, 1.807) is 24.3 Å². The van der Waals surface area contributed by atoms with E-state index in [1.165, 1.54) is 4.88 Å². The molecule has 2 aromatic heterocycles. The van der Waals surface area contributed by atoms with E-state index < -0.39 is 0 Å².